The molecular formula is C26H29NO6S. The van der Waals surface area contributed by atoms with Gasteiger partial charge in [0.25, 0.3) is 5.91 Å². The number of nitrogens with one attached hydrogen (secondary N) is 1. The van der Waals surface area contributed by atoms with Crippen molar-refractivity contribution < 1.29 is 28.6 Å². The number of anilines is 1. The van der Waals surface area contributed by atoms with Crippen LogP contribution >= 0.6 is 11.3 Å². The Morgan fingerprint density at radius 1 is 1.09 bits per heavy atom. The second-order valence-corrected chi connectivity index (χ2v) is 9.69. The second kappa shape index (κ2) is 9.62. The van der Waals surface area contributed by atoms with Crippen LogP contribution in [0.15, 0.2) is 5.57 Å². The van der Waals surface area contributed by atoms with Crippen molar-refractivity contribution in [2.45, 2.75) is 60.3 Å². The highest BCUT2D eigenvalue weighted by Gasteiger charge is 2.29. The van der Waals surface area contributed by atoms with Gasteiger partial charge in [-0.15, -0.1) is 11.3 Å². The van der Waals surface area contributed by atoms with E-state index in [1.165, 1.54) is 18.3 Å². The molecule has 2 aliphatic rings. The first-order chi connectivity index (χ1) is 16.2. The number of carbonyl (C=O) groups is 3. The monoisotopic (exact) mass is 483 g/mol. The zero-order valence-electron chi connectivity index (χ0n) is 20.2. The maximum Gasteiger partial charge on any atom is 0.341 e. The normalized spacial score (nSPS) is 14.3. The predicted molar refractivity (Wildman–Crippen MR) is 131 cm³/mol. The molecule has 34 heavy (non-hydrogen) atoms. The minimum Gasteiger partial charge on any atom is -0.488 e. The summed E-state index contributed by atoms with van der Waals surface area (Å²) in [4.78, 5) is 38.7. The number of rotatable bonds is 5. The summed E-state index contributed by atoms with van der Waals surface area (Å²) in [5.41, 5.74) is 5.04. The van der Waals surface area contributed by atoms with Gasteiger partial charge < -0.3 is 19.5 Å². The summed E-state index contributed by atoms with van der Waals surface area (Å²) in [6.45, 7) is 9.14. The minimum absolute atomic E-state index is 0.102. The Bertz CT molecular complexity index is 1220. The maximum atomic E-state index is 13.3. The van der Waals surface area contributed by atoms with E-state index in [1.807, 2.05) is 20.8 Å². The van der Waals surface area contributed by atoms with Crippen molar-refractivity contribution in [3.8, 4) is 11.5 Å². The lowest BCUT2D eigenvalue weighted by molar-refractivity contribution is -0.132. The van der Waals surface area contributed by atoms with Crippen molar-refractivity contribution >= 4 is 40.3 Å². The van der Waals surface area contributed by atoms with Crippen LogP contribution in [-0.4, -0.2) is 31.1 Å². The summed E-state index contributed by atoms with van der Waals surface area (Å²) in [6.07, 6.45) is 5.58. The SMILES string of the molecule is CCOC(=O)c1c(NC(=O)C2=Cc3c(C)c(OC(C)=O)c(C)c(C)c3OC2)sc2c1CCCC2. The average Bonchev–Trinajstić information content (AvgIpc) is 3.17. The van der Waals surface area contributed by atoms with E-state index in [1.54, 1.807) is 13.0 Å². The van der Waals surface area contributed by atoms with Crippen LogP contribution in [0.3, 0.4) is 0 Å². The van der Waals surface area contributed by atoms with Gasteiger partial charge in [0.1, 0.15) is 23.1 Å². The van der Waals surface area contributed by atoms with Crippen LogP contribution in [-0.2, 0) is 27.2 Å². The molecule has 0 bridgehead atoms. The van der Waals surface area contributed by atoms with Crippen LogP contribution in [0.25, 0.3) is 6.08 Å². The topological polar surface area (TPSA) is 90.9 Å². The van der Waals surface area contributed by atoms with Gasteiger partial charge in [0.15, 0.2) is 0 Å². The van der Waals surface area contributed by atoms with Crippen LogP contribution in [0.2, 0.25) is 0 Å². The molecule has 1 aromatic heterocycles. The summed E-state index contributed by atoms with van der Waals surface area (Å²) < 4.78 is 16.7. The van der Waals surface area contributed by atoms with Crippen LogP contribution in [0.5, 0.6) is 11.5 Å². The number of carbonyl (C=O) groups excluding carboxylic acids is 3. The van der Waals surface area contributed by atoms with Crippen molar-refractivity contribution in [2.24, 2.45) is 0 Å². The number of hydrogen-bond acceptors (Lipinski definition) is 7. The molecule has 1 aliphatic heterocycles. The van der Waals surface area contributed by atoms with E-state index >= 15 is 0 Å². The third kappa shape index (κ3) is 4.34. The van der Waals surface area contributed by atoms with Crippen molar-refractivity contribution in [3.63, 3.8) is 0 Å². The maximum absolute atomic E-state index is 13.3. The van der Waals surface area contributed by atoms with E-state index in [4.69, 9.17) is 14.2 Å². The molecule has 0 radical (unpaired) electrons. The summed E-state index contributed by atoms with van der Waals surface area (Å²) in [6, 6.07) is 0. The van der Waals surface area contributed by atoms with Crippen LogP contribution in [0.4, 0.5) is 5.00 Å². The molecule has 0 saturated heterocycles. The molecule has 7 nitrogen and oxygen atoms in total. The second-order valence-electron chi connectivity index (χ2n) is 8.59. The third-order valence-corrected chi connectivity index (χ3v) is 7.55. The molecule has 2 aromatic rings. The quantitative estimate of drug-likeness (QED) is 0.472. The fourth-order valence-electron chi connectivity index (χ4n) is 4.53. The molecule has 1 aromatic carbocycles. The Kier molecular flexibility index (Phi) is 6.79. The van der Waals surface area contributed by atoms with Crippen LogP contribution in [0.1, 0.15) is 69.7 Å². The van der Waals surface area contributed by atoms with Crippen molar-refractivity contribution in [2.75, 3.05) is 18.5 Å². The molecule has 4 rings (SSSR count). The Hall–Kier alpha value is -3.13. The Labute approximate surface area is 203 Å². The lowest BCUT2D eigenvalue weighted by atomic mass is 9.94. The lowest BCUT2D eigenvalue weighted by Gasteiger charge is -2.24. The molecule has 180 valence electrons. The van der Waals surface area contributed by atoms with Crippen molar-refractivity contribution in [1.82, 2.24) is 0 Å². The van der Waals surface area contributed by atoms with Crippen LogP contribution < -0.4 is 14.8 Å². The lowest BCUT2D eigenvalue weighted by Crippen LogP contribution is -2.23. The molecule has 1 aliphatic carbocycles. The van der Waals surface area contributed by atoms with Crippen molar-refractivity contribution in [3.05, 3.63) is 43.8 Å². The van der Waals surface area contributed by atoms with Gasteiger partial charge in [0, 0.05) is 22.9 Å². The molecule has 8 heteroatoms. The summed E-state index contributed by atoms with van der Waals surface area (Å²) >= 11 is 1.45. The highest BCUT2D eigenvalue weighted by molar-refractivity contribution is 7.17. The standard InChI is InChI=1S/C26H29NO6S/c1-6-31-26(30)21-18-9-7-8-10-20(18)34-25(21)27-24(29)17-11-19-15(4)22(33-16(5)28)13(2)14(3)23(19)32-12-17/h11H,6-10,12H2,1-5H3,(H,27,29). The fraction of sp³-hybridized carbons (Fsp3) is 0.423. The van der Waals surface area contributed by atoms with E-state index in [2.05, 4.69) is 5.32 Å². The molecule has 0 spiro atoms. The summed E-state index contributed by atoms with van der Waals surface area (Å²) in [5.74, 6) is 0.0327. The molecule has 0 atom stereocenters. The summed E-state index contributed by atoms with van der Waals surface area (Å²) in [5, 5.41) is 3.47. The van der Waals surface area contributed by atoms with Gasteiger partial charge in [-0.25, -0.2) is 4.79 Å². The van der Waals surface area contributed by atoms with Gasteiger partial charge in [0.2, 0.25) is 0 Å². The zero-order chi connectivity index (χ0) is 24.6. The minimum atomic E-state index is -0.405. The number of esters is 2. The number of benzene rings is 1. The number of aryl methyl sites for hydroxylation is 1. The van der Waals surface area contributed by atoms with Gasteiger partial charge in [-0.3, -0.25) is 9.59 Å². The average molecular weight is 484 g/mol. The van der Waals surface area contributed by atoms with Crippen LogP contribution in [0, 0.1) is 20.8 Å². The highest BCUT2D eigenvalue weighted by atomic mass is 32.1. The van der Waals surface area contributed by atoms with Gasteiger partial charge in [0.05, 0.1) is 17.7 Å². The van der Waals surface area contributed by atoms with Gasteiger partial charge >= 0.3 is 11.9 Å². The number of amides is 1. The molecule has 1 amide bonds. The number of ether oxygens (including phenoxy) is 3. The first-order valence-corrected chi connectivity index (χ1v) is 12.3. The highest BCUT2D eigenvalue weighted by Crippen LogP contribution is 2.42. The molecule has 0 unspecified atom stereocenters. The number of fused-ring (bicyclic) bond motifs is 2. The molecule has 0 saturated carbocycles. The molecular weight excluding hydrogens is 454 g/mol. The van der Waals surface area contributed by atoms with Gasteiger partial charge in [-0.05, 0) is 76.1 Å². The zero-order valence-corrected chi connectivity index (χ0v) is 21.0. The van der Waals surface area contributed by atoms with E-state index in [9.17, 15) is 14.4 Å². The van der Waals surface area contributed by atoms with E-state index in [-0.39, 0.29) is 19.1 Å². The molecule has 2 heterocycles. The van der Waals surface area contributed by atoms with E-state index < -0.39 is 11.9 Å². The molecule has 1 N–H and O–H groups in total. The number of thiophene rings is 1. The number of hydrogen-bond donors (Lipinski definition) is 1. The van der Waals surface area contributed by atoms with Crippen molar-refractivity contribution in [1.29, 1.82) is 0 Å². The first-order valence-electron chi connectivity index (χ1n) is 11.5. The Balaban J connectivity index is 1.69. The largest absolute Gasteiger partial charge is 0.488 e. The van der Waals surface area contributed by atoms with Gasteiger partial charge in [-0.1, -0.05) is 0 Å². The first kappa shape index (κ1) is 24.0. The smallest absolute Gasteiger partial charge is 0.341 e. The van der Waals surface area contributed by atoms with E-state index in [0.717, 1.165) is 52.8 Å². The fourth-order valence-corrected chi connectivity index (χ4v) is 5.80. The molecule has 0 fully saturated rings. The third-order valence-electron chi connectivity index (χ3n) is 6.34. The predicted octanol–water partition coefficient (Wildman–Crippen LogP) is 5.07. The Morgan fingerprint density at radius 2 is 1.82 bits per heavy atom. The summed E-state index contributed by atoms with van der Waals surface area (Å²) in [7, 11) is 0. The van der Waals surface area contributed by atoms with Gasteiger partial charge in [-0.2, -0.15) is 0 Å². The van der Waals surface area contributed by atoms with E-state index in [0.29, 0.717) is 33.2 Å². The Morgan fingerprint density at radius 3 is 2.53 bits per heavy atom.